The summed E-state index contributed by atoms with van der Waals surface area (Å²) in [5.41, 5.74) is 0.981. The Kier molecular flexibility index (Phi) is 7.50. The van der Waals surface area contributed by atoms with E-state index in [1.807, 2.05) is 18.2 Å². The third kappa shape index (κ3) is 5.54. The van der Waals surface area contributed by atoms with E-state index in [2.05, 4.69) is 26.6 Å². The van der Waals surface area contributed by atoms with E-state index in [1.54, 1.807) is 24.3 Å². The van der Waals surface area contributed by atoms with Crippen molar-refractivity contribution >= 4 is 51.4 Å². The number of nitrogens with zero attached hydrogens (tertiary/aromatic N) is 1. The molecule has 1 aliphatic heterocycles. The Bertz CT molecular complexity index is 1190. The standard InChI is InChI=1S/C25H24BrN3O6/c1-34-20-12-15(11-18-23(31)28-25(33)29(24(18)32)17-9-5-6-10-17)19(26)13-21(20)35-14-22(30)27-16-7-3-2-4-8-16/h2-4,7-8,11-13,17H,5-6,9-10,14H2,1H3,(H,27,30)(H,28,31,33)/b18-11+. The highest BCUT2D eigenvalue weighted by molar-refractivity contribution is 9.10. The number of halogens is 1. The minimum absolute atomic E-state index is 0.143. The van der Waals surface area contributed by atoms with Gasteiger partial charge in [-0.05, 0) is 48.7 Å². The second kappa shape index (κ2) is 10.7. The van der Waals surface area contributed by atoms with Crippen molar-refractivity contribution < 1.29 is 28.7 Å². The van der Waals surface area contributed by atoms with Gasteiger partial charge in [0.1, 0.15) is 5.57 Å². The van der Waals surface area contributed by atoms with Gasteiger partial charge in [-0.1, -0.05) is 47.0 Å². The fourth-order valence-corrected chi connectivity index (χ4v) is 4.55. The Balaban J connectivity index is 1.53. The molecular formula is C25H24BrN3O6. The molecule has 0 atom stereocenters. The van der Waals surface area contributed by atoms with Crippen LogP contribution in [-0.2, 0) is 14.4 Å². The van der Waals surface area contributed by atoms with Crippen molar-refractivity contribution in [3.05, 3.63) is 58.1 Å². The van der Waals surface area contributed by atoms with Crippen LogP contribution in [0.2, 0.25) is 0 Å². The average molecular weight is 542 g/mol. The lowest BCUT2D eigenvalue weighted by Gasteiger charge is -2.31. The van der Waals surface area contributed by atoms with Crippen LogP contribution in [-0.4, -0.2) is 48.4 Å². The van der Waals surface area contributed by atoms with Crippen molar-refractivity contribution in [1.82, 2.24) is 10.2 Å². The number of anilines is 1. The molecule has 2 N–H and O–H groups in total. The van der Waals surface area contributed by atoms with Crippen LogP contribution in [0.5, 0.6) is 11.5 Å². The number of hydrogen-bond donors (Lipinski definition) is 2. The van der Waals surface area contributed by atoms with Crippen LogP contribution in [0.4, 0.5) is 10.5 Å². The minimum atomic E-state index is -0.752. The van der Waals surface area contributed by atoms with Crippen molar-refractivity contribution in [1.29, 1.82) is 0 Å². The number of hydrogen-bond acceptors (Lipinski definition) is 6. The highest BCUT2D eigenvalue weighted by Gasteiger charge is 2.40. The highest BCUT2D eigenvalue weighted by Crippen LogP contribution is 2.35. The first-order chi connectivity index (χ1) is 16.9. The van der Waals surface area contributed by atoms with Crippen LogP contribution < -0.4 is 20.1 Å². The molecule has 1 saturated carbocycles. The van der Waals surface area contributed by atoms with Gasteiger partial charge in [-0.2, -0.15) is 0 Å². The maximum absolute atomic E-state index is 13.1. The maximum Gasteiger partial charge on any atom is 0.331 e. The number of imide groups is 2. The van der Waals surface area contributed by atoms with Crippen molar-refractivity contribution in [3.8, 4) is 11.5 Å². The average Bonchev–Trinajstić information content (AvgIpc) is 3.36. The molecule has 2 aromatic carbocycles. The van der Waals surface area contributed by atoms with Crippen LogP contribution in [0, 0.1) is 0 Å². The molecule has 0 spiro atoms. The molecule has 35 heavy (non-hydrogen) atoms. The lowest BCUT2D eigenvalue weighted by atomic mass is 10.0. The summed E-state index contributed by atoms with van der Waals surface area (Å²) in [7, 11) is 1.44. The Labute approximate surface area is 210 Å². The van der Waals surface area contributed by atoms with Gasteiger partial charge >= 0.3 is 6.03 Å². The minimum Gasteiger partial charge on any atom is -0.493 e. The molecule has 4 rings (SSSR count). The number of ether oxygens (including phenoxy) is 2. The monoisotopic (exact) mass is 541 g/mol. The zero-order chi connectivity index (χ0) is 24.9. The zero-order valence-corrected chi connectivity index (χ0v) is 20.6. The molecule has 9 nitrogen and oxygen atoms in total. The molecule has 182 valence electrons. The topological polar surface area (TPSA) is 114 Å². The molecule has 10 heteroatoms. The predicted molar refractivity (Wildman–Crippen MR) is 132 cm³/mol. The van der Waals surface area contributed by atoms with Gasteiger partial charge in [-0.25, -0.2) is 4.79 Å². The summed E-state index contributed by atoms with van der Waals surface area (Å²) in [6.45, 7) is -0.252. The number of nitrogens with one attached hydrogen (secondary N) is 2. The summed E-state index contributed by atoms with van der Waals surface area (Å²) in [6.07, 6.45) is 4.72. The van der Waals surface area contributed by atoms with E-state index in [0.29, 0.717) is 27.2 Å². The molecule has 0 unspecified atom stereocenters. The third-order valence-corrected chi connectivity index (χ3v) is 6.51. The molecule has 0 bridgehead atoms. The number of carbonyl (C=O) groups is 4. The van der Waals surface area contributed by atoms with Crippen LogP contribution in [0.1, 0.15) is 31.2 Å². The summed E-state index contributed by atoms with van der Waals surface area (Å²) in [6, 6.07) is 11.3. The summed E-state index contributed by atoms with van der Waals surface area (Å²) >= 11 is 3.43. The zero-order valence-electron chi connectivity index (χ0n) is 19.0. The first-order valence-corrected chi connectivity index (χ1v) is 11.9. The fourth-order valence-electron chi connectivity index (χ4n) is 4.12. The first kappa shape index (κ1) is 24.5. The number of para-hydroxylation sites is 1. The number of carbonyl (C=O) groups excluding carboxylic acids is 4. The molecule has 5 amide bonds. The van der Waals surface area contributed by atoms with E-state index in [9.17, 15) is 19.2 Å². The van der Waals surface area contributed by atoms with Crippen molar-refractivity contribution in [2.45, 2.75) is 31.7 Å². The van der Waals surface area contributed by atoms with E-state index in [-0.39, 0.29) is 24.1 Å². The van der Waals surface area contributed by atoms with E-state index in [0.717, 1.165) is 30.6 Å². The Morgan fingerprint density at radius 3 is 2.54 bits per heavy atom. The molecule has 0 aromatic heterocycles. The number of barbiturate groups is 1. The van der Waals surface area contributed by atoms with Gasteiger partial charge in [0.25, 0.3) is 17.7 Å². The van der Waals surface area contributed by atoms with E-state index in [1.165, 1.54) is 13.2 Å². The second-order valence-electron chi connectivity index (χ2n) is 8.16. The van der Waals surface area contributed by atoms with Crippen molar-refractivity contribution in [3.63, 3.8) is 0 Å². The molecule has 1 aliphatic carbocycles. The van der Waals surface area contributed by atoms with Gasteiger partial charge < -0.3 is 14.8 Å². The van der Waals surface area contributed by atoms with Crippen LogP contribution in [0.15, 0.2) is 52.5 Å². The van der Waals surface area contributed by atoms with Crippen LogP contribution in [0.25, 0.3) is 6.08 Å². The summed E-state index contributed by atoms with van der Waals surface area (Å²) in [5, 5.41) is 4.99. The quantitative estimate of drug-likeness (QED) is 0.406. The molecule has 2 fully saturated rings. The number of amides is 5. The van der Waals surface area contributed by atoms with E-state index in [4.69, 9.17) is 9.47 Å². The molecule has 2 aromatic rings. The number of methoxy groups -OCH3 is 1. The van der Waals surface area contributed by atoms with Gasteiger partial charge in [0.05, 0.1) is 7.11 Å². The van der Waals surface area contributed by atoms with Crippen molar-refractivity contribution in [2.75, 3.05) is 19.0 Å². The number of rotatable bonds is 7. The van der Waals surface area contributed by atoms with E-state index >= 15 is 0 Å². The molecule has 0 radical (unpaired) electrons. The van der Waals surface area contributed by atoms with Gasteiger partial charge in [-0.15, -0.1) is 0 Å². The Morgan fingerprint density at radius 1 is 1.14 bits per heavy atom. The molecule has 2 aliphatic rings. The summed E-state index contributed by atoms with van der Waals surface area (Å²) < 4.78 is 11.5. The predicted octanol–water partition coefficient (Wildman–Crippen LogP) is 3.88. The second-order valence-corrected chi connectivity index (χ2v) is 9.01. The smallest absolute Gasteiger partial charge is 0.331 e. The molecule has 1 heterocycles. The van der Waals surface area contributed by atoms with Crippen molar-refractivity contribution in [2.24, 2.45) is 0 Å². The van der Waals surface area contributed by atoms with Gasteiger partial charge in [-0.3, -0.25) is 24.6 Å². The largest absolute Gasteiger partial charge is 0.493 e. The lowest BCUT2D eigenvalue weighted by Crippen LogP contribution is -2.57. The van der Waals surface area contributed by atoms with E-state index < -0.39 is 17.8 Å². The highest BCUT2D eigenvalue weighted by atomic mass is 79.9. The summed E-state index contributed by atoms with van der Waals surface area (Å²) in [4.78, 5) is 51.2. The summed E-state index contributed by atoms with van der Waals surface area (Å²) in [5.74, 6) is -1.11. The Morgan fingerprint density at radius 2 is 1.86 bits per heavy atom. The fraction of sp³-hybridized carbons (Fsp3) is 0.280. The third-order valence-electron chi connectivity index (χ3n) is 5.82. The number of urea groups is 1. The molecule has 1 saturated heterocycles. The number of benzene rings is 2. The normalized spacial score (nSPS) is 17.5. The van der Waals surface area contributed by atoms with Crippen LogP contribution >= 0.6 is 15.9 Å². The molecular weight excluding hydrogens is 518 g/mol. The lowest BCUT2D eigenvalue weighted by molar-refractivity contribution is -0.131. The van der Waals surface area contributed by atoms with Gasteiger partial charge in [0.15, 0.2) is 18.1 Å². The first-order valence-electron chi connectivity index (χ1n) is 11.1. The van der Waals surface area contributed by atoms with Gasteiger partial charge in [0, 0.05) is 16.2 Å². The van der Waals surface area contributed by atoms with Gasteiger partial charge in [0.2, 0.25) is 0 Å². The SMILES string of the molecule is COc1cc(/C=C2\C(=O)NC(=O)N(C3CCCC3)C2=O)c(Br)cc1OCC(=O)Nc1ccccc1. The Hall–Kier alpha value is -3.66. The maximum atomic E-state index is 13.1. The van der Waals surface area contributed by atoms with Crippen LogP contribution in [0.3, 0.4) is 0 Å².